The van der Waals surface area contributed by atoms with Crippen molar-refractivity contribution < 1.29 is 22.6 Å². The molecule has 1 aliphatic heterocycles. The predicted octanol–water partition coefficient (Wildman–Crippen LogP) is 7.88. The Kier molecular flexibility index (Phi) is 6.06. The summed E-state index contributed by atoms with van der Waals surface area (Å²) in [5.74, 6) is 1.23. The van der Waals surface area contributed by atoms with E-state index in [1.165, 1.54) is 12.1 Å². The van der Waals surface area contributed by atoms with E-state index in [9.17, 15) is 13.2 Å². The molecule has 1 aliphatic carbocycles. The molecule has 1 heterocycles. The van der Waals surface area contributed by atoms with Gasteiger partial charge in [-0.3, -0.25) is 0 Å². The second-order valence-electron chi connectivity index (χ2n) is 8.58. The van der Waals surface area contributed by atoms with Gasteiger partial charge < -0.3 is 14.8 Å². The maximum absolute atomic E-state index is 13.3. The number of allylic oxidation sites excluding steroid dienone is 2. The van der Waals surface area contributed by atoms with E-state index in [1.807, 2.05) is 48.5 Å². The third-order valence-electron chi connectivity index (χ3n) is 6.53. The molecule has 0 radical (unpaired) electrons. The Labute approximate surface area is 204 Å². The van der Waals surface area contributed by atoms with E-state index < -0.39 is 11.7 Å². The molecule has 1 N–H and O–H groups in total. The van der Waals surface area contributed by atoms with Gasteiger partial charge in [0.2, 0.25) is 0 Å². The molecule has 5 rings (SSSR count). The van der Waals surface area contributed by atoms with Crippen LogP contribution in [0.15, 0.2) is 77.3 Å². The molecular weight excluding hydrogens is 507 g/mol. The van der Waals surface area contributed by atoms with Crippen molar-refractivity contribution in [3.05, 3.63) is 99.5 Å². The summed E-state index contributed by atoms with van der Waals surface area (Å²) < 4.78 is 52.4. The summed E-state index contributed by atoms with van der Waals surface area (Å²) in [6.07, 6.45) is 0.506. The largest absolute Gasteiger partial charge is 0.493 e. The van der Waals surface area contributed by atoms with Crippen molar-refractivity contribution in [3.8, 4) is 11.5 Å². The van der Waals surface area contributed by atoms with E-state index in [4.69, 9.17) is 9.47 Å². The van der Waals surface area contributed by atoms with Gasteiger partial charge in [0.25, 0.3) is 0 Å². The summed E-state index contributed by atoms with van der Waals surface area (Å²) in [4.78, 5) is 0. The minimum Gasteiger partial charge on any atom is -0.493 e. The summed E-state index contributed by atoms with van der Waals surface area (Å²) in [7, 11) is 1.60. The van der Waals surface area contributed by atoms with Crippen LogP contribution in [0.5, 0.6) is 11.5 Å². The van der Waals surface area contributed by atoms with Crippen molar-refractivity contribution in [1.82, 2.24) is 0 Å². The molecule has 34 heavy (non-hydrogen) atoms. The third kappa shape index (κ3) is 4.29. The van der Waals surface area contributed by atoms with E-state index in [-0.39, 0.29) is 17.9 Å². The molecule has 0 saturated heterocycles. The lowest BCUT2D eigenvalue weighted by atomic mass is 9.76. The standard InChI is InChI=1S/C27H23BrF3NO2/c1-33-24-13-17(12-22(28)26(24)34-15-16-6-3-2-4-7-16)25-20-9-5-8-19(20)21-14-18(27(29,30)31)10-11-23(21)32-25/h2-8,10-14,19-20,25,32H,9,15H2,1H3/t19-,20+,25-/m0/s1. The van der Waals surface area contributed by atoms with Crippen molar-refractivity contribution in [2.24, 2.45) is 5.92 Å². The normalized spacial score (nSPS) is 20.9. The van der Waals surface area contributed by atoms with Crippen LogP contribution in [0, 0.1) is 5.92 Å². The molecule has 0 amide bonds. The van der Waals surface area contributed by atoms with Crippen molar-refractivity contribution in [3.63, 3.8) is 0 Å². The van der Waals surface area contributed by atoms with Crippen molar-refractivity contribution in [2.45, 2.75) is 31.2 Å². The van der Waals surface area contributed by atoms with Gasteiger partial charge in [0.05, 0.1) is 23.2 Å². The van der Waals surface area contributed by atoms with Gasteiger partial charge in [0.1, 0.15) is 6.61 Å². The number of anilines is 1. The molecule has 3 nitrogen and oxygen atoms in total. The summed E-state index contributed by atoms with van der Waals surface area (Å²) >= 11 is 3.64. The topological polar surface area (TPSA) is 30.5 Å². The maximum Gasteiger partial charge on any atom is 0.416 e. The second kappa shape index (κ2) is 9.02. The van der Waals surface area contributed by atoms with E-state index >= 15 is 0 Å². The minimum absolute atomic E-state index is 0.0812. The summed E-state index contributed by atoms with van der Waals surface area (Å²) in [6.45, 7) is 0.403. The first kappa shape index (κ1) is 22.8. The zero-order valence-electron chi connectivity index (χ0n) is 18.4. The number of halogens is 4. The summed E-state index contributed by atoms with van der Waals surface area (Å²) in [5.41, 5.74) is 2.84. The Hall–Kier alpha value is -2.93. The molecule has 3 aromatic rings. The van der Waals surface area contributed by atoms with Gasteiger partial charge in [-0.2, -0.15) is 13.2 Å². The van der Waals surface area contributed by atoms with Gasteiger partial charge in [-0.15, -0.1) is 0 Å². The quantitative estimate of drug-likeness (QED) is 0.341. The van der Waals surface area contributed by atoms with Crippen LogP contribution in [-0.2, 0) is 12.8 Å². The van der Waals surface area contributed by atoms with Crippen LogP contribution in [0.4, 0.5) is 18.9 Å². The molecule has 0 saturated carbocycles. The number of rotatable bonds is 5. The van der Waals surface area contributed by atoms with E-state index in [2.05, 4.69) is 27.3 Å². The fourth-order valence-electron chi connectivity index (χ4n) is 4.89. The van der Waals surface area contributed by atoms with Crippen LogP contribution >= 0.6 is 15.9 Å². The maximum atomic E-state index is 13.3. The number of hydrogen-bond acceptors (Lipinski definition) is 3. The molecule has 3 atom stereocenters. The highest BCUT2D eigenvalue weighted by atomic mass is 79.9. The van der Waals surface area contributed by atoms with Gasteiger partial charge >= 0.3 is 6.18 Å². The monoisotopic (exact) mass is 529 g/mol. The number of benzene rings is 3. The Bertz CT molecular complexity index is 1230. The van der Waals surface area contributed by atoms with Crippen LogP contribution in [-0.4, -0.2) is 7.11 Å². The first-order valence-corrected chi connectivity index (χ1v) is 11.8. The number of nitrogens with one attached hydrogen (secondary N) is 1. The van der Waals surface area contributed by atoms with Crippen molar-refractivity contribution >= 4 is 21.6 Å². The van der Waals surface area contributed by atoms with Gasteiger partial charge in [0, 0.05) is 11.6 Å². The number of hydrogen-bond donors (Lipinski definition) is 1. The third-order valence-corrected chi connectivity index (χ3v) is 7.12. The Morgan fingerprint density at radius 2 is 1.85 bits per heavy atom. The molecule has 0 fully saturated rings. The molecular formula is C27H23BrF3NO2. The van der Waals surface area contributed by atoms with E-state index in [1.54, 1.807) is 7.11 Å². The van der Waals surface area contributed by atoms with Gasteiger partial charge in [0.15, 0.2) is 11.5 Å². The highest BCUT2D eigenvalue weighted by molar-refractivity contribution is 9.10. The molecule has 7 heteroatoms. The lowest BCUT2D eigenvalue weighted by Gasteiger charge is -2.38. The van der Waals surface area contributed by atoms with Crippen molar-refractivity contribution in [2.75, 3.05) is 12.4 Å². The Morgan fingerprint density at radius 3 is 2.59 bits per heavy atom. The predicted molar refractivity (Wildman–Crippen MR) is 129 cm³/mol. The number of fused-ring (bicyclic) bond motifs is 3. The summed E-state index contributed by atoms with van der Waals surface area (Å²) in [5, 5.41) is 3.49. The number of alkyl halides is 3. The van der Waals surface area contributed by atoms with Crippen LogP contribution < -0.4 is 14.8 Å². The molecule has 0 aromatic heterocycles. The Balaban J connectivity index is 1.46. The Morgan fingerprint density at radius 1 is 1.06 bits per heavy atom. The van der Waals surface area contributed by atoms with Crippen LogP contribution in [0.2, 0.25) is 0 Å². The minimum atomic E-state index is -4.36. The van der Waals surface area contributed by atoms with E-state index in [0.29, 0.717) is 23.7 Å². The second-order valence-corrected chi connectivity index (χ2v) is 9.44. The molecule has 0 spiro atoms. The van der Waals surface area contributed by atoms with E-state index in [0.717, 1.165) is 33.8 Å². The zero-order valence-corrected chi connectivity index (χ0v) is 20.0. The first-order valence-electron chi connectivity index (χ1n) is 11.0. The molecule has 2 aliphatic rings. The van der Waals surface area contributed by atoms with Gasteiger partial charge in [-0.1, -0.05) is 42.5 Å². The summed E-state index contributed by atoms with van der Waals surface area (Å²) in [6, 6.07) is 17.7. The molecule has 176 valence electrons. The molecule has 3 aromatic carbocycles. The van der Waals surface area contributed by atoms with Crippen LogP contribution in [0.3, 0.4) is 0 Å². The SMILES string of the molecule is COc1cc([C@@H]2Nc3ccc(C(F)(F)F)cc3[C@H]3C=CC[C@H]32)cc(Br)c1OCc1ccccc1. The highest BCUT2D eigenvalue weighted by Crippen LogP contribution is 2.52. The number of methoxy groups -OCH3 is 1. The fourth-order valence-corrected chi connectivity index (χ4v) is 5.46. The van der Waals surface area contributed by atoms with Crippen LogP contribution in [0.25, 0.3) is 0 Å². The van der Waals surface area contributed by atoms with Crippen LogP contribution in [0.1, 0.15) is 40.6 Å². The zero-order chi connectivity index (χ0) is 23.9. The van der Waals surface area contributed by atoms with Gasteiger partial charge in [-0.25, -0.2) is 0 Å². The van der Waals surface area contributed by atoms with Gasteiger partial charge in [-0.05, 0) is 75.3 Å². The lowest BCUT2D eigenvalue weighted by molar-refractivity contribution is -0.137. The highest BCUT2D eigenvalue weighted by Gasteiger charge is 2.40. The first-order chi connectivity index (χ1) is 16.3. The molecule has 0 bridgehead atoms. The average molecular weight is 530 g/mol. The lowest BCUT2D eigenvalue weighted by Crippen LogP contribution is -2.29. The fraction of sp³-hybridized carbons (Fsp3) is 0.259. The number of ether oxygens (including phenoxy) is 2. The molecule has 0 unspecified atom stereocenters. The van der Waals surface area contributed by atoms with Crippen molar-refractivity contribution in [1.29, 1.82) is 0 Å². The average Bonchev–Trinajstić information content (AvgIpc) is 3.32. The smallest absolute Gasteiger partial charge is 0.416 e.